The Morgan fingerprint density at radius 2 is 0.783 bits per heavy atom. The molecule has 2 N–H and O–H groups in total. The first-order chi connectivity index (χ1) is 9.79. The number of phenolic OH excluding ortho intramolecular Hbond substituents is 2. The van der Waals surface area contributed by atoms with E-state index >= 15 is 0 Å². The summed E-state index contributed by atoms with van der Waals surface area (Å²) in [5.74, 6) is 0.176. The van der Waals surface area contributed by atoms with Crippen LogP contribution in [0.3, 0.4) is 0 Å². The fraction of sp³-hybridized carbons (Fsp3) is 0. The Balaban J connectivity index is -0.000000240. The molecule has 0 spiro atoms. The van der Waals surface area contributed by atoms with Gasteiger partial charge in [-0.15, -0.1) is 0 Å². The predicted molar refractivity (Wildman–Crippen MR) is 105 cm³/mol. The summed E-state index contributed by atoms with van der Waals surface area (Å²) in [6.07, 6.45) is 0. The number of halogens is 9. The molecule has 1 aromatic rings. The smallest absolute Gasteiger partial charge is 0.339 e. The minimum Gasteiger partial charge on any atom is -0.508 e. The van der Waals surface area contributed by atoms with Gasteiger partial charge in [0.15, 0.2) is 0 Å². The van der Waals surface area contributed by atoms with Gasteiger partial charge in [0.05, 0.1) is 0 Å². The second kappa shape index (κ2) is 14.2. The van der Waals surface area contributed by atoms with Crippen molar-refractivity contribution < 1.29 is 23.9 Å². The molecule has 0 saturated carbocycles. The molecule has 0 aliphatic carbocycles. The molecule has 0 radical (unpaired) electrons. The van der Waals surface area contributed by atoms with E-state index in [1.165, 1.54) is 18.2 Å². The van der Waals surface area contributed by atoms with Gasteiger partial charge in [0.1, 0.15) is 11.5 Å². The normalized spacial score (nSPS) is 10.8. The predicted octanol–water partition coefficient (Wildman–Crippen LogP) is 9.53. The summed E-state index contributed by atoms with van der Waals surface area (Å²) >= 11 is 41.5. The van der Waals surface area contributed by atoms with E-state index in [-0.39, 0.29) is 11.5 Å². The van der Waals surface area contributed by atoms with E-state index in [4.69, 9.17) is 10.2 Å². The van der Waals surface area contributed by atoms with Crippen LogP contribution in [0.4, 0.5) is 0 Å². The van der Waals surface area contributed by atoms with Gasteiger partial charge in [-0.05, 0) is 113 Å². The summed E-state index contributed by atoms with van der Waals surface area (Å²) in [7, 11) is 0. The summed E-state index contributed by atoms with van der Waals surface area (Å²) in [6, 6.07) is 5.85. The molecule has 17 heteroatoms. The van der Waals surface area contributed by atoms with E-state index in [9.17, 15) is 13.7 Å². The standard InChI is InChI=1S/C6H6O2.3Cl3OP/c7-5-2-1-3-6(8)4-5;3*1-5(2,3)4/h1-4,7-8H;;;. The largest absolute Gasteiger partial charge is 0.508 e. The molecular formula is C6H6Cl9O5P3. The third-order valence-corrected chi connectivity index (χ3v) is 0.830. The van der Waals surface area contributed by atoms with Gasteiger partial charge in [-0.1, -0.05) is 6.07 Å². The van der Waals surface area contributed by atoms with E-state index in [0.29, 0.717) is 0 Å². The molecule has 1 aromatic carbocycles. The Hall–Kier alpha value is 2.12. The first kappa shape index (κ1) is 29.9. The van der Waals surface area contributed by atoms with Crippen LogP contribution in [-0.2, 0) is 13.7 Å². The Bertz CT molecular complexity index is 491. The highest BCUT2D eigenvalue weighted by atomic mass is 36.1. The van der Waals surface area contributed by atoms with Gasteiger partial charge in [0, 0.05) is 6.07 Å². The molecule has 138 valence electrons. The number of benzene rings is 1. The zero-order valence-electron chi connectivity index (χ0n) is 10.2. The maximum atomic E-state index is 9.51. The molecule has 0 aliphatic rings. The maximum Gasteiger partial charge on any atom is 0.339 e. The quantitative estimate of drug-likeness (QED) is 0.303. The van der Waals surface area contributed by atoms with Crippen LogP contribution < -0.4 is 0 Å². The average Bonchev–Trinajstić information content (AvgIpc) is 2.07. The van der Waals surface area contributed by atoms with E-state index in [1.807, 2.05) is 0 Å². The molecule has 5 nitrogen and oxygen atoms in total. The molecule has 0 aliphatic heterocycles. The lowest BCUT2D eigenvalue weighted by Crippen LogP contribution is -1.61. The van der Waals surface area contributed by atoms with Crippen molar-refractivity contribution in [2.45, 2.75) is 0 Å². The van der Waals surface area contributed by atoms with Gasteiger partial charge in [-0.3, -0.25) is 13.7 Å². The second-order valence-electron chi connectivity index (χ2n) is 2.72. The van der Waals surface area contributed by atoms with Gasteiger partial charge < -0.3 is 10.2 Å². The van der Waals surface area contributed by atoms with Gasteiger partial charge >= 0.3 is 15.6 Å². The van der Waals surface area contributed by atoms with E-state index < -0.39 is 15.6 Å². The Kier molecular flexibility index (Phi) is 18.5. The highest BCUT2D eigenvalue weighted by Crippen LogP contribution is 2.62. The lowest BCUT2D eigenvalue weighted by atomic mass is 10.3. The van der Waals surface area contributed by atoms with Crippen molar-refractivity contribution in [3.63, 3.8) is 0 Å². The van der Waals surface area contributed by atoms with Crippen LogP contribution in [0.1, 0.15) is 0 Å². The van der Waals surface area contributed by atoms with Gasteiger partial charge in [0.2, 0.25) is 0 Å². The maximum absolute atomic E-state index is 9.51. The molecule has 0 aromatic heterocycles. The minimum atomic E-state index is -3.22. The second-order valence-corrected chi connectivity index (χ2v) is 22.6. The molecule has 1 rings (SSSR count). The molecule has 0 bridgehead atoms. The molecule has 0 heterocycles. The van der Waals surface area contributed by atoms with Crippen LogP contribution in [0, 0.1) is 0 Å². The van der Waals surface area contributed by atoms with Crippen LogP contribution in [-0.4, -0.2) is 10.2 Å². The summed E-state index contributed by atoms with van der Waals surface area (Å²) in [4.78, 5) is 0. The van der Waals surface area contributed by atoms with Crippen molar-refractivity contribution in [2.75, 3.05) is 0 Å². The summed E-state index contributed by atoms with van der Waals surface area (Å²) in [5.41, 5.74) is 0. The molecule has 0 unspecified atom stereocenters. The molecule has 0 fully saturated rings. The number of hydrogen-bond donors (Lipinski definition) is 2. The van der Waals surface area contributed by atoms with Gasteiger partial charge in [-0.25, -0.2) is 0 Å². The van der Waals surface area contributed by atoms with Crippen molar-refractivity contribution in [1.29, 1.82) is 0 Å². The Morgan fingerprint density at radius 1 is 0.609 bits per heavy atom. The van der Waals surface area contributed by atoms with Crippen molar-refractivity contribution in [1.82, 2.24) is 0 Å². The summed E-state index contributed by atoms with van der Waals surface area (Å²) in [6.45, 7) is 0. The van der Waals surface area contributed by atoms with Gasteiger partial charge in [-0.2, -0.15) is 0 Å². The number of phenols is 2. The number of hydrogen-bond acceptors (Lipinski definition) is 5. The fourth-order valence-corrected chi connectivity index (χ4v) is 0.493. The highest BCUT2D eigenvalue weighted by Gasteiger charge is 2.03. The summed E-state index contributed by atoms with van der Waals surface area (Å²) in [5, 5.41) is 7.64. The minimum absolute atomic E-state index is 0.0880. The molecular weight excluding hydrogens is 564 g/mol. The average molecular weight is 570 g/mol. The molecule has 0 amide bonds. The van der Waals surface area contributed by atoms with Crippen LogP contribution in [0.25, 0.3) is 0 Å². The summed E-state index contributed by atoms with van der Waals surface area (Å²) < 4.78 is 28.5. The van der Waals surface area contributed by atoms with E-state index in [2.05, 4.69) is 101 Å². The SMILES string of the molecule is O=P(Cl)(Cl)Cl.O=P(Cl)(Cl)Cl.O=P(Cl)(Cl)Cl.Oc1cccc(O)c1. The molecule has 0 saturated heterocycles. The highest BCUT2D eigenvalue weighted by molar-refractivity contribution is 8.25. The number of aromatic hydroxyl groups is 2. The zero-order valence-corrected chi connectivity index (χ0v) is 19.7. The zero-order chi connectivity index (χ0) is 19.5. The fourth-order valence-electron chi connectivity index (χ4n) is 0.493. The van der Waals surface area contributed by atoms with Crippen molar-refractivity contribution in [2.24, 2.45) is 0 Å². The van der Waals surface area contributed by atoms with E-state index in [0.717, 1.165) is 0 Å². The van der Waals surface area contributed by atoms with Crippen LogP contribution in [0.5, 0.6) is 11.5 Å². The van der Waals surface area contributed by atoms with Crippen LogP contribution in [0.15, 0.2) is 24.3 Å². The lowest BCUT2D eigenvalue weighted by Gasteiger charge is -1.89. The Morgan fingerprint density at radius 3 is 0.870 bits per heavy atom. The first-order valence-corrected chi connectivity index (χ1v) is 17.6. The molecule has 0 atom stereocenters. The van der Waals surface area contributed by atoms with Crippen LogP contribution in [0.2, 0.25) is 0 Å². The van der Waals surface area contributed by atoms with Crippen molar-refractivity contribution in [3.05, 3.63) is 24.3 Å². The third kappa shape index (κ3) is 80.3. The van der Waals surface area contributed by atoms with Gasteiger partial charge in [0.25, 0.3) is 0 Å². The van der Waals surface area contributed by atoms with E-state index in [1.54, 1.807) is 6.07 Å². The molecule has 23 heavy (non-hydrogen) atoms. The Labute approximate surface area is 175 Å². The monoisotopic (exact) mass is 566 g/mol. The van der Waals surface area contributed by atoms with Crippen molar-refractivity contribution in [3.8, 4) is 11.5 Å². The number of rotatable bonds is 0. The van der Waals surface area contributed by atoms with Crippen LogP contribution >= 0.6 is 117 Å². The topological polar surface area (TPSA) is 91.7 Å². The third-order valence-electron chi connectivity index (χ3n) is 0.830. The lowest BCUT2D eigenvalue weighted by molar-refractivity contribution is 0.450. The first-order valence-electron chi connectivity index (χ1n) is 4.34. The van der Waals surface area contributed by atoms with Crippen molar-refractivity contribution >= 4 is 117 Å².